The maximum atomic E-state index is 10.6. The van der Waals surface area contributed by atoms with Gasteiger partial charge in [-0.25, -0.2) is 0 Å². The zero-order valence-corrected chi connectivity index (χ0v) is 21.0. The van der Waals surface area contributed by atoms with Gasteiger partial charge in [0, 0.05) is 22.9 Å². The summed E-state index contributed by atoms with van der Waals surface area (Å²) < 4.78 is 6.06. The second-order valence-corrected chi connectivity index (χ2v) is 9.19. The van der Waals surface area contributed by atoms with Gasteiger partial charge in [-0.05, 0) is 118 Å². The summed E-state index contributed by atoms with van der Waals surface area (Å²) in [6.45, 7) is 11.4. The van der Waals surface area contributed by atoms with Crippen LogP contribution in [0.15, 0.2) is 60.7 Å². The van der Waals surface area contributed by atoms with Crippen molar-refractivity contribution in [1.82, 2.24) is 0 Å². The summed E-state index contributed by atoms with van der Waals surface area (Å²) in [4.78, 5) is 2.04. The summed E-state index contributed by atoms with van der Waals surface area (Å²) >= 11 is 0. The van der Waals surface area contributed by atoms with Crippen molar-refractivity contribution in [2.45, 2.75) is 41.5 Å². The van der Waals surface area contributed by atoms with E-state index in [-0.39, 0.29) is 17.2 Å². The Morgan fingerprint density at radius 3 is 1.60 bits per heavy atom. The van der Waals surface area contributed by atoms with Gasteiger partial charge < -0.3 is 25.0 Å². The number of phenolic OH excluding ortho intramolecular Hbond substituents is 3. The molecule has 0 aliphatic carbocycles. The molecule has 0 spiro atoms. The molecule has 0 aromatic heterocycles. The summed E-state index contributed by atoms with van der Waals surface area (Å²) in [5.41, 5.74) is 7.56. The molecule has 3 N–H and O–H groups in total. The Hall–Kier alpha value is -4.12. The molecule has 0 saturated carbocycles. The molecular formula is C30H31NO4. The van der Waals surface area contributed by atoms with Crippen LogP contribution in [0.4, 0.5) is 17.1 Å². The molecule has 4 rings (SSSR count). The molecule has 0 radical (unpaired) electrons. The van der Waals surface area contributed by atoms with Crippen LogP contribution in [0.3, 0.4) is 0 Å². The van der Waals surface area contributed by atoms with Crippen LogP contribution in [-0.2, 0) is 0 Å². The van der Waals surface area contributed by atoms with Crippen LogP contribution in [0.5, 0.6) is 28.7 Å². The first-order chi connectivity index (χ1) is 16.5. The highest BCUT2D eigenvalue weighted by Gasteiger charge is 2.20. The first kappa shape index (κ1) is 24.0. The summed E-state index contributed by atoms with van der Waals surface area (Å²) in [5.74, 6) is 1.85. The molecule has 0 saturated heterocycles. The molecule has 0 unspecified atom stereocenters. The van der Waals surface area contributed by atoms with Crippen LogP contribution in [0, 0.1) is 41.5 Å². The number of hydrogen-bond donors (Lipinski definition) is 3. The molecule has 0 fully saturated rings. The molecule has 4 aromatic rings. The number of nitrogens with zero attached hydrogens (tertiary/aromatic N) is 1. The standard InChI is InChI=1S/C30H31NO4/c1-17-11-25(21(5)28(33)13-17)31(26-12-18(2)14-29(34)22(26)6)23-7-9-24(10-8-23)35-30-16-27(32)19(3)15-20(30)4/h7-16,32-34H,1-6H3. The van der Waals surface area contributed by atoms with Crippen LogP contribution < -0.4 is 9.64 Å². The van der Waals surface area contributed by atoms with E-state index in [1.807, 2.05) is 88.9 Å². The van der Waals surface area contributed by atoms with E-state index in [0.29, 0.717) is 11.5 Å². The van der Waals surface area contributed by atoms with Gasteiger partial charge in [0.1, 0.15) is 28.7 Å². The lowest BCUT2D eigenvalue weighted by molar-refractivity contribution is 0.450. The van der Waals surface area contributed by atoms with Crippen molar-refractivity contribution in [2.24, 2.45) is 0 Å². The lowest BCUT2D eigenvalue weighted by atomic mass is 10.0. The second kappa shape index (κ2) is 9.26. The molecule has 0 aliphatic rings. The molecule has 5 nitrogen and oxygen atoms in total. The van der Waals surface area contributed by atoms with Crippen molar-refractivity contribution >= 4 is 17.1 Å². The average molecular weight is 470 g/mol. The van der Waals surface area contributed by atoms with Crippen molar-refractivity contribution in [1.29, 1.82) is 0 Å². The van der Waals surface area contributed by atoms with Crippen molar-refractivity contribution in [3.8, 4) is 28.7 Å². The summed E-state index contributed by atoms with van der Waals surface area (Å²) in [7, 11) is 0. The predicted molar refractivity (Wildman–Crippen MR) is 141 cm³/mol. The fraction of sp³-hybridized carbons (Fsp3) is 0.200. The number of ether oxygens (including phenoxy) is 1. The highest BCUT2D eigenvalue weighted by Crippen LogP contribution is 2.44. The Morgan fingerprint density at radius 2 is 1.09 bits per heavy atom. The van der Waals surface area contributed by atoms with E-state index in [2.05, 4.69) is 0 Å². The minimum Gasteiger partial charge on any atom is -0.508 e. The Bertz CT molecular complexity index is 1350. The second-order valence-electron chi connectivity index (χ2n) is 9.19. The van der Waals surface area contributed by atoms with E-state index in [1.54, 1.807) is 18.2 Å². The van der Waals surface area contributed by atoms with Gasteiger partial charge in [-0.3, -0.25) is 0 Å². The first-order valence-corrected chi connectivity index (χ1v) is 11.5. The minimum absolute atomic E-state index is 0.192. The predicted octanol–water partition coefficient (Wildman–Crippen LogP) is 7.92. The average Bonchev–Trinajstić information content (AvgIpc) is 2.79. The van der Waals surface area contributed by atoms with E-state index >= 15 is 0 Å². The fourth-order valence-electron chi connectivity index (χ4n) is 4.24. The zero-order valence-electron chi connectivity index (χ0n) is 21.0. The number of hydrogen-bond acceptors (Lipinski definition) is 5. The summed E-state index contributed by atoms with van der Waals surface area (Å²) in [5, 5.41) is 31.2. The highest BCUT2D eigenvalue weighted by atomic mass is 16.5. The molecule has 0 heterocycles. The molecule has 0 aliphatic heterocycles. The monoisotopic (exact) mass is 469 g/mol. The maximum Gasteiger partial charge on any atom is 0.134 e. The molecule has 0 amide bonds. The van der Waals surface area contributed by atoms with E-state index in [1.165, 1.54) is 0 Å². The van der Waals surface area contributed by atoms with Crippen LogP contribution in [0.1, 0.15) is 33.4 Å². The number of anilines is 3. The van der Waals surface area contributed by atoms with Gasteiger partial charge in [0.25, 0.3) is 0 Å². The molecule has 35 heavy (non-hydrogen) atoms. The van der Waals surface area contributed by atoms with Gasteiger partial charge in [0.15, 0.2) is 0 Å². The van der Waals surface area contributed by atoms with Gasteiger partial charge in [-0.1, -0.05) is 0 Å². The Morgan fingerprint density at radius 1 is 0.571 bits per heavy atom. The Balaban J connectivity index is 1.82. The summed E-state index contributed by atoms with van der Waals surface area (Å²) in [6, 6.07) is 18.7. The fourth-order valence-corrected chi connectivity index (χ4v) is 4.24. The molecule has 5 heteroatoms. The van der Waals surface area contributed by atoms with Gasteiger partial charge in [-0.15, -0.1) is 0 Å². The van der Waals surface area contributed by atoms with Gasteiger partial charge in [0.05, 0.1) is 11.4 Å². The third-order valence-corrected chi connectivity index (χ3v) is 6.29. The van der Waals surface area contributed by atoms with E-state index in [0.717, 1.165) is 50.4 Å². The number of benzene rings is 4. The third kappa shape index (κ3) is 4.76. The number of rotatable bonds is 5. The van der Waals surface area contributed by atoms with Crippen molar-refractivity contribution < 1.29 is 20.1 Å². The number of phenols is 3. The van der Waals surface area contributed by atoms with Crippen LogP contribution in [0.25, 0.3) is 0 Å². The zero-order chi connectivity index (χ0) is 25.4. The van der Waals surface area contributed by atoms with E-state index in [9.17, 15) is 15.3 Å². The van der Waals surface area contributed by atoms with E-state index < -0.39 is 0 Å². The Kier molecular flexibility index (Phi) is 6.35. The minimum atomic E-state index is 0.192. The van der Waals surface area contributed by atoms with Gasteiger partial charge >= 0.3 is 0 Å². The third-order valence-electron chi connectivity index (χ3n) is 6.29. The van der Waals surface area contributed by atoms with Crippen molar-refractivity contribution in [3.63, 3.8) is 0 Å². The topological polar surface area (TPSA) is 73.2 Å². The SMILES string of the molecule is Cc1cc(O)c(C)c(N(c2ccc(Oc3cc(O)c(C)cc3C)cc2)c2cc(C)cc(O)c2C)c1. The van der Waals surface area contributed by atoms with E-state index in [4.69, 9.17) is 4.74 Å². The quantitative estimate of drug-likeness (QED) is 0.277. The van der Waals surface area contributed by atoms with Crippen LogP contribution in [-0.4, -0.2) is 15.3 Å². The maximum absolute atomic E-state index is 10.6. The highest BCUT2D eigenvalue weighted by molar-refractivity contribution is 5.83. The number of aromatic hydroxyl groups is 3. The van der Waals surface area contributed by atoms with Crippen LogP contribution >= 0.6 is 0 Å². The molecule has 0 atom stereocenters. The van der Waals surface area contributed by atoms with Crippen LogP contribution in [0.2, 0.25) is 0 Å². The van der Waals surface area contributed by atoms with Crippen molar-refractivity contribution in [2.75, 3.05) is 4.90 Å². The smallest absolute Gasteiger partial charge is 0.134 e. The Labute approximate surface area is 206 Å². The van der Waals surface area contributed by atoms with Gasteiger partial charge in [0.2, 0.25) is 0 Å². The van der Waals surface area contributed by atoms with Gasteiger partial charge in [-0.2, -0.15) is 0 Å². The molecular weight excluding hydrogens is 438 g/mol. The first-order valence-electron chi connectivity index (χ1n) is 11.5. The lowest BCUT2D eigenvalue weighted by Crippen LogP contribution is -2.13. The summed E-state index contributed by atoms with van der Waals surface area (Å²) in [6.07, 6.45) is 0. The van der Waals surface area contributed by atoms with Crippen molar-refractivity contribution in [3.05, 3.63) is 94.0 Å². The largest absolute Gasteiger partial charge is 0.508 e. The normalized spacial score (nSPS) is 10.9. The molecule has 0 bridgehead atoms. The number of aryl methyl sites for hydroxylation is 4. The molecule has 4 aromatic carbocycles. The molecule has 180 valence electrons. The lowest BCUT2D eigenvalue weighted by Gasteiger charge is -2.30.